The normalized spacial score (nSPS) is 12.0. The van der Waals surface area contributed by atoms with Gasteiger partial charge in [-0.3, -0.25) is 4.79 Å². The number of nitrogens with one attached hydrogen (secondary N) is 1. The molecule has 0 saturated heterocycles. The summed E-state index contributed by atoms with van der Waals surface area (Å²) in [5.74, 6) is 0. The van der Waals surface area contributed by atoms with Gasteiger partial charge in [0.25, 0.3) is 5.56 Å². The Kier molecular flexibility index (Phi) is 5.81. The Hall–Kier alpha value is -2.00. The number of H-pyrrole nitrogens is 1. The van der Waals surface area contributed by atoms with E-state index >= 15 is 0 Å². The molecular formula is C19H19BrN2O4S. The van der Waals surface area contributed by atoms with E-state index in [-0.39, 0.29) is 30.2 Å². The molecule has 0 aliphatic rings. The number of hydrogen-bond acceptors (Lipinski definition) is 4. The molecule has 142 valence electrons. The first-order chi connectivity index (χ1) is 12.8. The van der Waals surface area contributed by atoms with Crippen molar-refractivity contribution in [2.24, 2.45) is 0 Å². The lowest BCUT2D eigenvalue weighted by Crippen LogP contribution is -2.35. The fourth-order valence-corrected chi connectivity index (χ4v) is 4.49. The van der Waals surface area contributed by atoms with E-state index in [9.17, 15) is 18.3 Å². The predicted octanol–water partition coefficient (Wildman–Crippen LogP) is 2.78. The Morgan fingerprint density at radius 1 is 1.11 bits per heavy atom. The summed E-state index contributed by atoms with van der Waals surface area (Å²) in [5, 5.41) is 10.2. The van der Waals surface area contributed by atoms with Gasteiger partial charge in [-0.25, -0.2) is 8.42 Å². The van der Waals surface area contributed by atoms with Gasteiger partial charge in [-0.2, -0.15) is 4.31 Å². The minimum atomic E-state index is -3.86. The van der Waals surface area contributed by atoms with Gasteiger partial charge in [0, 0.05) is 28.6 Å². The van der Waals surface area contributed by atoms with Gasteiger partial charge < -0.3 is 10.1 Å². The van der Waals surface area contributed by atoms with Crippen LogP contribution in [0.25, 0.3) is 10.9 Å². The first-order valence-electron chi connectivity index (χ1n) is 8.30. The first-order valence-corrected chi connectivity index (χ1v) is 10.5. The molecule has 0 aliphatic carbocycles. The van der Waals surface area contributed by atoms with Crippen LogP contribution >= 0.6 is 15.9 Å². The number of aryl methyl sites for hydroxylation is 1. The molecule has 0 saturated carbocycles. The van der Waals surface area contributed by atoms with Gasteiger partial charge in [-0.1, -0.05) is 28.1 Å². The summed E-state index contributed by atoms with van der Waals surface area (Å²) < 4.78 is 27.8. The summed E-state index contributed by atoms with van der Waals surface area (Å²) >= 11 is 3.28. The van der Waals surface area contributed by atoms with Crippen LogP contribution < -0.4 is 5.56 Å². The van der Waals surface area contributed by atoms with Crippen LogP contribution in [0.1, 0.15) is 11.1 Å². The first kappa shape index (κ1) is 19.8. The third kappa shape index (κ3) is 4.30. The van der Waals surface area contributed by atoms with E-state index in [2.05, 4.69) is 20.9 Å². The average molecular weight is 451 g/mol. The molecule has 8 heteroatoms. The third-order valence-corrected chi connectivity index (χ3v) is 6.61. The molecule has 0 radical (unpaired) electrons. The van der Waals surface area contributed by atoms with E-state index in [0.717, 1.165) is 19.7 Å². The van der Waals surface area contributed by atoms with Crippen molar-refractivity contribution in [3.63, 3.8) is 0 Å². The number of aliphatic hydroxyl groups is 1. The number of halogens is 1. The zero-order valence-corrected chi connectivity index (χ0v) is 17.0. The Balaban J connectivity index is 2.00. The van der Waals surface area contributed by atoms with Crippen molar-refractivity contribution in [3.8, 4) is 0 Å². The number of aromatic amines is 1. The van der Waals surface area contributed by atoms with Crippen LogP contribution in [0.4, 0.5) is 0 Å². The lowest BCUT2D eigenvalue weighted by molar-refractivity contribution is 0.251. The number of rotatable bonds is 6. The Morgan fingerprint density at radius 2 is 1.81 bits per heavy atom. The van der Waals surface area contributed by atoms with E-state index in [0.29, 0.717) is 11.1 Å². The predicted molar refractivity (Wildman–Crippen MR) is 108 cm³/mol. The molecule has 0 fully saturated rings. The molecule has 0 amide bonds. The van der Waals surface area contributed by atoms with E-state index in [1.807, 2.05) is 25.1 Å². The van der Waals surface area contributed by atoms with Crippen LogP contribution in [0.3, 0.4) is 0 Å². The molecule has 0 atom stereocenters. The molecule has 0 bridgehead atoms. The number of aromatic nitrogens is 1. The van der Waals surface area contributed by atoms with Crippen molar-refractivity contribution in [2.75, 3.05) is 13.2 Å². The van der Waals surface area contributed by atoms with Crippen molar-refractivity contribution in [2.45, 2.75) is 18.4 Å². The van der Waals surface area contributed by atoms with Gasteiger partial charge in [0.05, 0.1) is 11.5 Å². The van der Waals surface area contributed by atoms with Crippen molar-refractivity contribution < 1.29 is 13.5 Å². The van der Waals surface area contributed by atoms with Gasteiger partial charge in [0.15, 0.2) is 0 Å². The summed E-state index contributed by atoms with van der Waals surface area (Å²) in [7, 11) is -3.86. The molecule has 1 aromatic heterocycles. The van der Waals surface area contributed by atoms with Crippen molar-refractivity contribution >= 4 is 36.9 Å². The lowest BCUT2D eigenvalue weighted by Gasteiger charge is -2.21. The number of sulfonamides is 1. The highest BCUT2D eigenvalue weighted by atomic mass is 79.9. The zero-order valence-electron chi connectivity index (χ0n) is 14.6. The quantitative estimate of drug-likeness (QED) is 0.603. The molecule has 3 rings (SSSR count). The van der Waals surface area contributed by atoms with E-state index in [1.165, 1.54) is 12.1 Å². The van der Waals surface area contributed by atoms with Crippen LogP contribution in [-0.4, -0.2) is 36.0 Å². The fraction of sp³-hybridized carbons (Fsp3) is 0.211. The Labute approximate surface area is 165 Å². The summed E-state index contributed by atoms with van der Waals surface area (Å²) in [6, 6.07) is 13.6. The molecule has 6 nitrogen and oxygen atoms in total. The zero-order chi connectivity index (χ0) is 19.6. The van der Waals surface area contributed by atoms with Gasteiger partial charge in [0.2, 0.25) is 10.0 Å². The van der Waals surface area contributed by atoms with Gasteiger partial charge in [-0.15, -0.1) is 0 Å². The molecular weight excluding hydrogens is 432 g/mol. The maximum Gasteiger partial charge on any atom is 0.252 e. The van der Waals surface area contributed by atoms with Gasteiger partial charge >= 0.3 is 0 Å². The lowest BCUT2D eigenvalue weighted by atomic mass is 10.1. The topological polar surface area (TPSA) is 90.5 Å². The maximum atomic E-state index is 12.9. The second kappa shape index (κ2) is 7.93. The number of nitrogens with zero attached hydrogens (tertiary/aromatic N) is 1. The summed E-state index contributed by atoms with van der Waals surface area (Å²) in [4.78, 5) is 15.3. The van der Waals surface area contributed by atoms with Crippen LogP contribution in [0.5, 0.6) is 0 Å². The summed E-state index contributed by atoms with van der Waals surface area (Å²) in [6.45, 7) is 1.35. The second-order valence-corrected chi connectivity index (χ2v) is 9.08. The molecule has 0 aliphatic heterocycles. The van der Waals surface area contributed by atoms with Crippen LogP contribution in [-0.2, 0) is 16.6 Å². The maximum absolute atomic E-state index is 12.9. The largest absolute Gasteiger partial charge is 0.395 e. The van der Waals surface area contributed by atoms with Crippen LogP contribution in [0.2, 0.25) is 0 Å². The highest BCUT2D eigenvalue weighted by Crippen LogP contribution is 2.21. The van der Waals surface area contributed by atoms with E-state index in [1.54, 1.807) is 18.2 Å². The van der Waals surface area contributed by atoms with Crippen molar-refractivity contribution in [1.29, 1.82) is 0 Å². The Morgan fingerprint density at radius 3 is 2.48 bits per heavy atom. The van der Waals surface area contributed by atoms with E-state index in [4.69, 9.17) is 0 Å². The molecule has 2 N–H and O–H groups in total. The molecule has 0 spiro atoms. The van der Waals surface area contributed by atoms with Crippen molar-refractivity contribution in [3.05, 3.63) is 74.5 Å². The van der Waals surface area contributed by atoms with Crippen LogP contribution in [0, 0.1) is 6.92 Å². The monoisotopic (exact) mass is 450 g/mol. The molecule has 3 aromatic rings. The van der Waals surface area contributed by atoms with Gasteiger partial charge in [0.1, 0.15) is 0 Å². The number of aliphatic hydroxyl groups excluding tert-OH is 1. The number of fused-ring (bicyclic) bond motifs is 1. The third-order valence-electron chi connectivity index (χ3n) is 4.23. The molecule has 2 aromatic carbocycles. The standard InChI is InChI=1S/C19H19BrN2O4S/c1-13-2-3-14-11-15(19(24)21-18(14)10-13)12-22(8-9-23)27(25,26)17-6-4-16(20)5-7-17/h2-7,10-11,23H,8-9,12H2,1H3,(H,21,24). The summed E-state index contributed by atoms with van der Waals surface area (Å²) in [5.41, 5.74) is 1.70. The van der Waals surface area contributed by atoms with Crippen molar-refractivity contribution in [1.82, 2.24) is 9.29 Å². The SMILES string of the molecule is Cc1ccc2cc(CN(CCO)S(=O)(=O)c3ccc(Br)cc3)c(=O)[nH]c2c1. The molecule has 0 unspecified atom stereocenters. The highest BCUT2D eigenvalue weighted by Gasteiger charge is 2.25. The summed E-state index contributed by atoms with van der Waals surface area (Å²) in [6.07, 6.45) is 0. The fourth-order valence-electron chi connectivity index (χ4n) is 2.82. The van der Waals surface area contributed by atoms with Crippen LogP contribution in [0.15, 0.2) is 62.7 Å². The minimum absolute atomic E-state index is 0.104. The average Bonchev–Trinajstić information content (AvgIpc) is 2.62. The smallest absolute Gasteiger partial charge is 0.252 e. The van der Waals surface area contributed by atoms with E-state index < -0.39 is 10.0 Å². The minimum Gasteiger partial charge on any atom is -0.395 e. The molecule has 1 heterocycles. The number of pyridine rings is 1. The molecule has 27 heavy (non-hydrogen) atoms. The number of hydrogen-bond donors (Lipinski definition) is 2. The highest BCUT2D eigenvalue weighted by molar-refractivity contribution is 9.10. The Bertz CT molecular complexity index is 1120. The number of benzene rings is 2. The van der Waals surface area contributed by atoms with Gasteiger partial charge in [-0.05, 0) is 54.3 Å². The second-order valence-electron chi connectivity index (χ2n) is 6.23.